The number of aromatic nitrogens is 2. The second-order valence-electron chi connectivity index (χ2n) is 4.11. The molecule has 1 aromatic carbocycles. The molecule has 0 aliphatic carbocycles. The molecule has 3 N–H and O–H groups in total. The van der Waals surface area contributed by atoms with Gasteiger partial charge in [0.15, 0.2) is 0 Å². The van der Waals surface area contributed by atoms with E-state index in [1.165, 1.54) is 5.56 Å². The van der Waals surface area contributed by atoms with Gasteiger partial charge in [0.05, 0.1) is 11.9 Å². The van der Waals surface area contributed by atoms with Gasteiger partial charge in [0.1, 0.15) is 0 Å². The van der Waals surface area contributed by atoms with Gasteiger partial charge in [0, 0.05) is 18.3 Å². The monoisotopic (exact) mass is 230 g/mol. The number of nitrogens with two attached hydrogens (primary N) is 1. The Morgan fingerprint density at radius 2 is 2.24 bits per heavy atom. The Balaban J connectivity index is 2.38. The number of nitrogen functional groups attached to an aromatic ring is 1. The summed E-state index contributed by atoms with van der Waals surface area (Å²) >= 11 is 0. The van der Waals surface area contributed by atoms with Gasteiger partial charge in [-0.05, 0) is 30.5 Å². The number of aryl methyl sites for hydroxylation is 1. The summed E-state index contributed by atoms with van der Waals surface area (Å²) in [5.74, 6) is 5.48. The molecule has 4 heteroatoms. The molecule has 0 fully saturated rings. The zero-order valence-electron chi connectivity index (χ0n) is 10.3. The van der Waals surface area contributed by atoms with Crippen molar-refractivity contribution in [1.82, 2.24) is 9.78 Å². The van der Waals surface area contributed by atoms with Gasteiger partial charge in [-0.25, -0.2) is 0 Å². The van der Waals surface area contributed by atoms with Crippen molar-refractivity contribution in [3.8, 4) is 11.1 Å². The van der Waals surface area contributed by atoms with Crippen molar-refractivity contribution in [2.24, 2.45) is 5.84 Å². The number of rotatable bonds is 4. The van der Waals surface area contributed by atoms with Crippen molar-refractivity contribution in [2.45, 2.75) is 26.8 Å². The van der Waals surface area contributed by atoms with Crippen LogP contribution in [0.15, 0.2) is 30.6 Å². The van der Waals surface area contributed by atoms with E-state index in [-0.39, 0.29) is 0 Å². The quantitative estimate of drug-likeness (QED) is 0.627. The first-order valence-electron chi connectivity index (χ1n) is 5.85. The first kappa shape index (κ1) is 11.7. The van der Waals surface area contributed by atoms with Crippen LogP contribution in [0.1, 0.15) is 18.9 Å². The lowest BCUT2D eigenvalue weighted by Crippen LogP contribution is -2.08. The molecule has 0 bridgehead atoms. The topological polar surface area (TPSA) is 55.9 Å². The fourth-order valence-electron chi connectivity index (χ4n) is 1.96. The predicted molar refractivity (Wildman–Crippen MR) is 70.5 cm³/mol. The summed E-state index contributed by atoms with van der Waals surface area (Å²) in [5.41, 5.74) is 7.11. The number of hydrogen-bond acceptors (Lipinski definition) is 3. The fraction of sp³-hybridized carbons (Fsp3) is 0.308. The molecule has 0 spiro atoms. The second-order valence-corrected chi connectivity index (χ2v) is 4.11. The molecule has 0 aliphatic heterocycles. The van der Waals surface area contributed by atoms with Gasteiger partial charge in [0.2, 0.25) is 0 Å². The molecule has 1 heterocycles. The van der Waals surface area contributed by atoms with Crippen molar-refractivity contribution in [3.05, 3.63) is 36.2 Å². The van der Waals surface area contributed by atoms with Gasteiger partial charge in [-0.2, -0.15) is 5.10 Å². The van der Waals surface area contributed by atoms with Crippen LogP contribution in [0.2, 0.25) is 0 Å². The molecule has 17 heavy (non-hydrogen) atoms. The van der Waals surface area contributed by atoms with E-state index in [0.29, 0.717) is 0 Å². The van der Waals surface area contributed by atoms with Gasteiger partial charge in [-0.1, -0.05) is 19.1 Å². The molecule has 2 aromatic rings. The Morgan fingerprint density at radius 1 is 1.41 bits per heavy atom. The zero-order chi connectivity index (χ0) is 12.3. The predicted octanol–water partition coefficient (Wildman–Crippen LogP) is 2.55. The first-order chi connectivity index (χ1) is 8.26. The van der Waals surface area contributed by atoms with Crippen LogP contribution in [-0.2, 0) is 6.54 Å². The smallest absolute Gasteiger partial charge is 0.0568 e. The van der Waals surface area contributed by atoms with E-state index in [4.69, 9.17) is 5.84 Å². The summed E-state index contributed by atoms with van der Waals surface area (Å²) in [7, 11) is 0. The van der Waals surface area contributed by atoms with Gasteiger partial charge < -0.3 is 5.43 Å². The average molecular weight is 230 g/mol. The molecule has 2 rings (SSSR count). The van der Waals surface area contributed by atoms with Gasteiger partial charge in [0.25, 0.3) is 0 Å². The minimum atomic E-state index is 0.950. The largest absolute Gasteiger partial charge is 0.324 e. The summed E-state index contributed by atoms with van der Waals surface area (Å²) in [4.78, 5) is 0. The third-order valence-electron chi connectivity index (χ3n) is 2.89. The Morgan fingerprint density at radius 3 is 2.94 bits per heavy atom. The second kappa shape index (κ2) is 5.01. The van der Waals surface area contributed by atoms with Crippen molar-refractivity contribution >= 4 is 5.69 Å². The SMILES string of the molecule is CCCn1cc(-c2cccc(NN)c2C)cn1. The summed E-state index contributed by atoms with van der Waals surface area (Å²) in [6.07, 6.45) is 5.06. The summed E-state index contributed by atoms with van der Waals surface area (Å²) in [5, 5.41) is 4.34. The Labute approximate surface area is 101 Å². The first-order valence-corrected chi connectivity index (χ1v) is 5.85. The number of hydrogen-bond donors (Lipinski definition) is 2. The average Bonchev–Trinajstić information content (AvgIpc) is 2.78. The Hall–Kier alpha value is -1.81. The van der Waals surface area contributed by atoms with E-state index in [1.54, 1.807) is 0 Å². The minimum Gasteiger partial charge on any atom is -0.324 e. The van der Waals surface area contributed by atoms with Gasteiger partial charge in [-0.15, -0.1) is 0 Å². The maximum absolute atomic E-state index is 5.48. The third kappa shape index (κ3) is 2.31. The Kier molecular flexibility index (Phi) is 3.44. The van der Waals surface area contributed by atoms with Crippen LogP contribution in [0.3, 0.4) is 0 Å². The van der Waals surface area contributed by atoms with Crippen molar-refractivity contribution in [3.63, 3.8) is 0 Å². The van der Waals surface area contributed by atoms with Gasteiger partial charge >= 0.3 is 0 Å². The van der Waals surface area contributed by atoms with Crippen LogP contribution in [0.25, 0.3) is 11.1 Å². The highest BCUT2D eigenvalue weighted by Crippen LogP contribution is 2.27. The molecule has 0 amide bonds. The molecule has 0 radical (unpaired) electrons. The van der Waals surface area contributed by atoms with Crippen molar-refractivity contribution < 1.29 is 0 Å². The number of benzene rings is 1. The van der Waals surface area contributed by atoms with E-state index in [0.717, 1.165) is 29.8 Å². The summed E-state index contributed by atoms with van der Waals surface area (Å²) in [6, 6.07) is 6.05. The van der Waals surface area contributed by atoms with Crippen molar-refractivity contribution in [1.29, 1.82) is 0 Å². The number of nitrogens with one attached hydrogen (secondary N) is 1. The standard InChI is InChI=1S/C13H18N4/c1-3-7-17-9-11(8-15-17)12-5-4-6-13(16-14)10(12)2/h4-6,8-9,16H,3,7,14H2,1-2H3. The lowest BCUT2D eigenvalue weighted by atomic mass is 10.0. The normalized spacial score (nSPS) is 10.5. The van der Waals surface area contributed by atoms with Crippen LogP contribution >= 0.6 is 0 Å². The molecule has 0 unspecified atom stereocenters. The number of anilines is 1. The molecule has 0 aliphatic rings. The third-order valence-corrected chi connectivity index (χ3v) is 2.89. The highest BCUT2D eigenvalue weighted by Gasteiger charge is 2.07. The number of nitrogens with zero attached hydrogens (tertiary/aromatic N) is 2. The fourth-order valence-corrected chi connectivity index (χ4v) is 1.96. The summed E-state index contributed by atoms with van der Waals surface area (Å²) in [6.45, 7) is 5.15. The molecular formula is C13H18N4. The molecule has 4 nitrogen and oxygen atoms in total. The van der Waals surface area contributed by atoms with E-state index in [9.17, 15) is 0 Å². The lowest BCUT2D eigenvalue weighted by Gasteiger charge is -2.08. The molecule has 0 saturated carbocycles. The maximum Gasteiger partial charge on any atom is 0.0568 e. The van der Waals surface area contributed by atoms with Crippen LogP contribution in [0, 0.1) is 6.92 Å². The van der Waals surface area contributed by atoms with Gasteiger partial charge in [-0.3, -0.25) is 10.5 Å². The van der Waals surface area contributed by atoms with Crippen LogP contribution < -0.4 is 11.3 Å². The van der Waals surface area contributed by atoms with E-state index >= 15 is 0 Å². The lowest BCUT2D eigenvalue weighted by molar-refractivity contribution is 0.603. The van der Waals surface area contributed by atoms with Crippen LogP contribution in [0.4, 0.5) is 5.69 Å². The van der Waals surface area contributed by atoms with Crippen molar-refractivity contribution in [2.75, 3.05) is 5.43 Å². The molecular weight excluding hydrogens is 212 g/mol. The molecule has 0 atom stereocenters. The molecule has 0 saturated heterocycles. The van der Waals surface area contributed by atoms with E-state index in [1.807, 2.05) is 23.0 Å². The Bertz CT molecular complexity index is 502. The van der Waals surface area contributed by atoms with Crippen LogP contribution in [0.5, 0.6) is 0 Å². The van der Waals surface area contributed by atoms with E-state index < -0.39 is 0 Å². The highest BCUT2D eigenvalue weighted by molar-refractivity contribution is 5.72. The van der Waals surface area contributed by atoms with Crippen LogP contribution in [-0.4, -0.2) is 9.78 Å². The number of hydrazine groups is 1. The zero-order valence-corrected chi connectivity index (χ0v) is 10.3. The molecule has 90 valence electrons. The highest BCUT2D eigenvalue weighted by atomic mass is 15.3. The summed E-state index contributed by atoms with van der Waals surface area (Å²) < 4.78 is 1.97. The minimum absolute atomic E-state index is 0.950. The molecule has 1 aromatic heterocycles. The van der Waals surface area contributed by atoms with E-state index in [2.05, 4.69) is 36.6 Å². The maximum atomic E-state index is 5.48.